The predicted molar refractivity (Wildman–Crippen MR) is 82.4 cm³/mol. The Morgan fingerprint density at radius 1 is 1.14 bits per heavy atom. The number of carbonyl (C=O) groups excluding carboxylic acids is 1. The average Bonchev–Trinajstić information content (AvgIpc) is 2.45. The summed E-state index contributed by atoms with van der Waals surface area (Å²) in [5, 5.41) is 11.7. The van der Waals surface area contributed by atoms with Crippen molar-refractivity contribution in [1.82, 2.24) is 5.32 Å². The van der Waals surface area contributed by atoms with Crippen LogP contribution in [-0.4, -0.2) is 36.7 Å². The number of rotatable bonds is 9. The van der Waals surface area contributed by atoms with Gasteiger partial charge < -0.3 is 15.2 Å². The molecule has 2 rings (SSSR count). The van der Waals surface area contributed by atoms with E-state index in [0.29, 0.717) is 32.6 Å². The molecule has 1 aliphatic rings. The third-order valence-electron chi connectivity index (χ3n) is 4.07. The highest BCUT2D eigenvalue weighted by molar-refractivity contribution is 5.86. The van der Waals surface area contributed by atoms with Gasteiger partial charge in [-0.3, -0.25) is 9.59 Å². The number of amides is 1. The van der Waals surface area contributed by atoms with Gasteiger partial charge in [0.15, 0.2) is 0 Å². The minimum Gasteiger partial charge on any atom is -0.481 e. The van der Waals surface area contributed by atoms with Crippen LogP contribution >= 0.6 is 0 Å². The highest BCUT2D eigenvalue weighted by atomic mass is 16.5. The summed E-state index contributed by atoms with van der Waals surface area (Å²) in [4.78, 5) is 22.7. The molecule has 0 bridgehead atoms. The van der Waals surface area contributed by atoms with Crippen LogP contribution in [0.4, 0.5) is 0 Å². The predicted octanol–water partition coefficient (Wildman–Crippen LogP) is 1.86. The van der Waals surface area contributed by atoms with Crippen molar-refractivity contribution in [3.05, 3.63) is 35.9 Å². The highest BCUT2D eigenvalue weighted by Gasteiger charge is 2.41. The molecule has 22 heavy (non-hydrogen) atoms. The summed E-state index contributed by atoms with van der Waals surface area (Å²) in [7, 11) is 0. The Balaban J connectivity index is 1.49. The van der Waals surface area contributed by atoms with E-state index in [2.05, 4.69) is 17.4 Å². The van der Waals surface area contributed by atoms with Crippen LogP contribution in [0.2, 0.25) is 0 Å². The fraction of sp³-hybridized carbons (Fsp3) is 0.529. The third kappa shape index (κ3) is 4.84. The van der Waals surface area contributed by atoms with E-state index in [1.54, 1.807) is 0 Å². The SMILES string of the molecule is O=C(O)C1CCC1C(=O)NCCCOCCc1ccccc1. The molecule has 0 aliphatic heterocycles. The van der Waals surface area contributed by atoms with E-state index in [4.69, 9.17) is 9.84 Å². The molecule has 1 aromatic carbocycles. The molecule has 1 amide bonds. The molecule has 120 valence electrons. The second-order valence-corrected chi connectivity index (χ2v) is 5.62. The van der Waals surface area contributed by atoms with Gasteiger partial charge in [0.05, 0.1) is 18.4 Å². The van der Waals surface area contributed by atoms with Gasteiger partial charge in [-0.15, -0.1) is 0 Å². The molecule has 1 fully saturated rings. The smallest absolute Gasteiger partial charge is 0.307 e. The standard InChI is InChI=1S/C17H23NO4/c19-16(14-7-8-15(14)17(20)21)18-10-4-11-22-12-9-13-5-2-1-3-6-13/h1-3,5-6,14-15H,4,7-12H2,(H,18,19)(H,20,21). The van der Waals surface area contributed by atoms with Crippen molar-refractivity contribution in [2.75, 3.05) is 19.8 Å². The van der Waals surface area contributed by atoms with Gasteiger partial charge in [-0.2, -0.15) is 0 Å². The summed E-state index contributed by atoms with van der Waals surface area (Å²) in [5.41, 5.74) is 1.25. The first kappa shape index (κ1) is 16.5. The third-order valence-corrected chi connectivity index (χ3v) is 4.07. The first-order valence-electron chi connectivity index (χ1n) is 7.80. The van der Waals surface area contributed by atoms with Gasteiger partial charge in [0.25, 0.3) is 0 Å². The van der Waals surface area contributed by atoms with Crippen molar-refractivity contribution in [2.45, 2.75) is 25.7 Å². The number of carbonyl (C=O) groups is 2. The summed E-state index contributed by atoms with van der Waals surface area (Å²) in [6.45, 7) is 1.80. The van der Waals surface area contributed by atoms with Crippen molar-refractivity contribution < 1.29 is 19.4 Å². The van der Waals surface area contributed by atoms with Gasteiger partial charge in [-0.1, -0.05) is 30.3 Å². The zero-order valence-electron chi connectivity index (χ0n) is 12.7. The summed E-state index contributed by atoms with van der Waals surface area (Å²) >= 11 is 0. The Morgan fingerprint density at radius 2 is 1.86 bits per heavy atom. The van der Waals surface area contributed by atoms with Gasteiger partial charge in [-0.25, -0.2) is 0 Å². The molecule has 2 atom stereocenters. The zero-order chi connectivity index (χ0) is 15.8. The van der Waals surface area contributed by atoms with E-state index in [-0.39, 0.29) is 11.8 Å². The van der Waals surface area contributed by atoms with E-state index in [0.717, 1.165) is 12.8 Å². The van der Waals surface area contributed by atoms with Gasteiger partial charge in [0.1, 0.15) is 0 Å². The van der Waals surface area contributed by atoms with Gasteiger partial charge >= 0.3 is 5.97 Å². The molecule has 0 saturated heterocycles. The molecule has 1 saturated carbocycles. The van der Waals surface area contributed by atoms with Crippen LogP contribution in [-0.2, 0) is 20.7 Å². The van der Waals surface area contributed by atoms with E-state index in [9.17, 15) is 9.59 Å². The number of aliphatic carboxylic acids is 1. The normalized spacial score (nSPS) is 20.2. The van der Waals surface area contributed by atoms with E-state index in [1.807, 2.05) is 18.2 Å². The zero-order valence-corrected chi connectivity index (χ0v) is 12.7. The van der Waals surface area contributed by atoms with Crippen molar-refractivity contribution in [2.24, 2.45) is 11.8 Å². The molecular formula is C17H23NO4. The summed E-state index contributed by atoms with van der Waals surface area (Å²) in [6, 6.07) is 10.2. The molecule has 5 heteroatoms. The van der Waals surface area contributed by atoms with Crippen LogP contribution in [0.25, 0.3) is 0 Å². The molecule has 0 radical (unpaired) electrons. The maximum atomic E-state index is 11.8. The number of benzene rings is 1. The van der Waals surface area contributed by atoms with Crippen LogP contribution in [0.15, 0.2) is 30.3 Å². The minimum atomic E-state index is -0.865. The average molecular weight is 305 g/mol. The molecule has 2 N–H and O–H groups in total. The number of hydrogen-bond acceptors (Lipinski definition) is 3. The van der Waals surface area contributed by atoms with E-state index >= 15 is 0 Å². The maximum Gasteiger partial charge on any atom is 0.307 e. The monoisotopic (exact) mass is 305 g/mol. The molecule has 0 spiro atoms. The second kappa shape index (κ2) is 8.54. The van der Waals surface area contributed by atoms with Crippen molar-refractivity contribution in [1.29, 1.82) is 0 Å². The topological polar surface area (TPSA) is 75.6 Å². The van der Waals surface area contributed by atoms with Gasteiger partial charge in [-0.05, 0) is 31.2 Å². The van der Waals surface area contributed by atoms with E-state index in [1.165, 1.54) is 5.56 Å². The Bertz CT molecular complexity index is 489. The maximum absolute atomic E-state index is 11.8. The molecular weight excluding hydrogens is 282 g/mol. The Hall–Kier alpha value is -1.88. The number of carboxylic acids is 1. The van der Waals surface area contributed by atoms with Crippen LogP contribution < -0.4 is 5.32 Å². The number of nitrogens with one attached hydrogen (secondary N) is 1. The highest BCUT2D eigenvalue weighted by Crippen LogP contribution is 2.34. The van der Waals surface area contributed by atoms with Crippen LogP contribution in [0, 0.1) is 11.8 Å². The Kier molecular flexibility index (Phi) is 6.40. The Labute approximate surface area is 130 Å². The van der Waals surface area contributed by atoms with Gasteiger partial charge in [0, 0.05) is 13.2 Å². The van der Waals surface area contributed by atoms with Crippen LogP contribution in [0.5, 0.6) is 0 Å². The first-order valence-corrected chi connectivity index (χ1v) is 7.80. The fourth-order valence-corrected chi connectivity index (χ4v) is 2.56. The lowest BCUT2D eigenvalue weighted by Gasteiger charge is -2.31. The quantitative estimate of drug-likeness (QED) is 0.683. The lowest BCUT2D eigenvalue weighted by molar-refractivity contribution is -0.152. The number of carboxylic acid groups (broad SMARTS) is 1. The molecule has 0 aromatic heterocycles. The molecule has 2 unspecified atom stereocenters. The molecule has 0 heterocycles. The lowest BCUT2D eigenvalue weighted by Crippen LogP contribution is -2.44. The Morgan fingerprint density at radius 3 is 2.50 bits per heavy atom. The summed E-state index contributed by atoms with van der Waals surface area (Å²) in [5.74, 6) is -1.85. The number of ether oxygens (including phenoxy) is 1. The summed E-state index contributed by atoms with van der Waals surface area (Å²) in [6.07, 6.45) is 2.91. The van der Waals surface area contributed by atoms with Crippen LogP contribution in [0.3, 0.4) is 0 Å². The minimum absolute atomic E-state index is 0.136. The van der Waals surface area contributed by atoms with Crippen molar-refractivity contribution in [3.63, 3.8) is 0 Å². The lowest BCUT2D eigenvalue weighted by atomic mass is 9.73. The largest absolute Gasteiger partial charge is 0.481 e. The van der Waals surface area contributed by atoms with E-state index < -0.39 is 11.9 Å². The number of hydrogen-bond donors (Lipinski definition) is 2. The molecule has 5 nitrogen and oxygen atoms in total. The van der Waals surface area contributed by atoms with Crippen molar-refractivity contribution >= 4 is 11.9 Å². The van der Waals surface area contributed by atoms with Gasteiger partial charge in [0.2, 0.25) is 5.91 Å². The fourth-order valence-electron chi connectivity index (χ4n) is 2.56. The van der Waals surface area contributed by atoms with Crippen LogP contribution in [0.1, 0.15) is 24.8 Å². The summed E-state index contributed by atoms with van der Waals surface area (Å²) < 4.78 is 5.53. The molecule has 1 aromatic rings. The van der Waals surface area contributed by atoms with Crippen molar-refractivity contribution in [3.8, 4) is 0 Å². The second-order valence-electron chi connectivity index (χ2n) is 5.62. The first-order chi connectivity index (χ1) is 10.7. The molecule has 1 aliphatic carbocycles.